The number of anilines is 2. The van der Waals surface area contributed by atoms with Gasteiger partial charge < -0.3 is 23.9 Å². The SMILES string of the molecule is Cc1cc(-c2nnc(-c3ccc(NS(=O)(=O)CCO)cc3N3CCC4(CC3)CC4)o2)nc(O[C@@H]2CCOC2)n1. The van der Waals surface area contributed by atoms with Crippen LogP contribution < -0.4 is 14.4 Å². The monoisotopic (exact) mass is 556 g/mol. The van der Waals surface area contributed by atoms with Crippen LogP contribution in [0.1, 0.15) is 37.8 Å². The van der Waals surface area contributed by atoms with E-state index < -0.39 is 16.6 Å². The average Bonchev–Trinajstić information content (AvgIpc) is 3.27. The molecule has 3 fully saturated rings. The third kappa shape index (κ3) is 5.85. The van der Waals surface area contributed by atoms with E-state index in [1.807, 2.05) is 6.92 Å². The number of rotatable bonds is 9. The minimum atomic E-state index is -3.67. The minimum absolute atomic E-state index is 0.0897. The van der Waals surface area contributed by atoms with Crippen LogP contribution in [0.4, 0.5) is 11.4 Å². The van der Waals surface area contributed by atoms with Crippen LogP contribution in [0.2, 0.25) is 0 Å². The predicted molar refractivity (Wildman–Crippen MR) is 143 cm³/mol. The summed E-state index contributed by atoms with van der Waals surface area (Å²) in [5.41, 5.74) is 3.57. The second-order valence-electron chi connectivity index (χ2n) is 10.6. The van der Waals surface area contributed by atoms with Crippen LogP contribution in [-0.2, 0) is 14.8 Å². The zero-order valence-corrected chi connectivity index (χ0v) is 22.6. The fourth-order valence-electron chi connectivity index (χ4n) is 5.18. The van der Waals surface area contributed by atoms with Crippen molar-refractivity contribution >= 4 is 21.4 Å². The van der Waals surface area contributed by atoms with Crippen LogP contribution in [0.3, 0.4) is 0 Å². The van der Waals surface area contributed by atoms with Gasteiger partial charge in [0.05, 0.1) is 42.5 Å². The summed E-state index contributed by atoms with van der Waals surface area (Å²) in [7, 11) is -3.67. The highest BCUT2D eigenvalue weighted by atomic mass is 32.2. The number of aliphatic hydroxyl groups excluding tert-OH is 1. The standard InChI is InChI=1S/C26H32N6O6S/c1-17-14-21(28-25(27-17)37-19-4-12-36-16-19)24-30-29-23(38-24)20-3-2-18(31-39(34,35)13-11-33)15-22(20)32-9-7-26(5-6-26)8-10-32/h2-3,14-15,19,31,33H,4-13,16H2,1H3/t19-/m1/s1. The van der Waals surface area contributed by atoms with Gasteiger partial charge in [-0.15, -0.1) is 10.2 Å². The maximum Gasteiger partial charge on any atom is 0.317 e. The van der Waals surface area contributed by atoms with Crippen LogP contribution in [-0.4, -0.2) is 78.5 Å². The van der Waals surface area contributed by atoms with Gasteiger partial charge in [0.15, 0.2) is 0 Å². The molecule has 13 heteroatoms. The Balaban J connectivity index is 1.30. The van der Waals surface area contributed by atoms with E-state index in [0.29, 0.717) is 47.2 Å². The van der Waals surface area contributed by atoms with Crippen molar-refractivity contribution in [2.75, 3.05) is 48.3 Å². The van der Waals surface area contributed by atoms with Gasteiger partial charge in [0.1, 0.15) is 11.8 Å². The zero-order chi connectivity index (χ0) is 27.0. The first kappa shape index (κ1) is 26.0. The van der Waals surface area contributed by atoms with Crippen molar-refractivity contribution in [3.63, 3.8) is 0 Å². The van der Waals surface area contributed by atoms with E-state index in [1.165, 1.54) is 12.8 Å². The Morgan fingerprint density at radius 3 is 2.64 bits per heavy atom. The Labute approximate surface area is 226 Å². The van der Waals surface area contributed by atoms with E-state index in [-0.39, 0.29) is 23.8 Å². The number of nitrogens with one attached hydrogen (secondary N) is 1. The van der Waals surface area contributed by atoms with Crippen molar-refractivity contribution in [1.82, 2.24) is 20.2 Å². The van der Waals surface area contributed by atoms with E-state index in [4.69, 9.17) is 19.0 Å². The van der Waals surface area contributed by atoms with Gasteiger partial charge in [0.2, 0.25) is 15.9 Å². The molecule has 1 saturated carbocycles. The first-order chi connectivity index (χ1) is 18.8. The largest absolute Gasteiger partial charge is 0.458 e. The molecule has 0 radical (unpaired) electrons. The Morgan fingerprint density at radius 2 is 1.92 bits per heavy atom. The van der Waals surface area contributed by atoms with Crippen LogP contribution >= 0.6 is 0 Å². The number of piperidine rings is 1. The average molecular weight is 557 g/mol. The van der Waals surface area contributed by atoms with Crippen LogP contribution in [0.15, 0.2) is 28.7 Å². The van der Waals surface area contributed by atoms with Gasteiger partial charge in [-0.25, -0.2) is 13.4 Å². The summed E-state index contributed by atoms with van der Waals surface area (Å²) < 4.78 is 44.5. The van der Waals surface area contributed by atoms with Gasteiger partial charge in [0.25, 0.3) is 5.89 Å². The van der Waals surface area contributed by atoms with Crippen LogP contribution in [0.25, 0.3) is 23.0 Å². The molecule has 2 saturated heterocycles. The number of hydrogen-bond acceptors (Lipinski definition) is 11. The third-order valence-electron chi connectivity index (χ3n) is 7.62. The summed E-state index contributed by atoms with van der Waals surface area (Å²) in [5.74, 6) is 0.165. The fraction of sp³-hybridized carbons (Fsp3) is 0.538. The van der Waals surface area contributed by atoms with Gasteiger partial charge in [-0.3, -0.25) is 4.72 Å². The first-order valence-corrected chi connectivity index (χ1v) is 14.9. The van der Waals surface area contributed by atoms with E-state index >= 15 is 0 Å². The van der Waals surface area contributed by atoms with E-state index in [1.54, 1.807) is 24.3 Å². The van der Waals surface area contributed by atoms with Crippen LogP contribution in [0.5, 0.6) is 6.01 Å². The number of aliphatic hydroxyl groups is 1. The lowest BCUT2D eigenvalue weighted by Gasteiger charge is -2.35. The maximum atomic E-state index is 12.3. The normalized spacial score (nSPS) is 20.4. The highest BCUT2D eigenvalue weighted by Gasteiger charge is 2.44. The molecular weight excluding hydrogens is 524 g/mol. The highest BCUT2D eigenvalue weighted by molar-refractivity contribution is 7.92. The Bertz CT molecular complexity index is 1440. The molecule has 2 aliphatic heterocycles. The second-order valence-corrected chi connectivity index (χ2v) is 12.4. The van der Waals surface area contributed by atoms with Crippen molar-refractivity contribution in [3.05, 3.63) is 30.0 Å². The van der Waals surface area contributed by atoms with Crippen molar-refractivity contribution in [3.8, 4) is 29.0 Å². The minimum Gasteiger partial charge on any atom is -0.458 e. The van der Waals surface area contributed by atoms with E-state index in [9.17, 15) is 8.42 Å². The Kier molecular flexibility index (Phi) is 6.89. The summed E-state index contributed by atoms with van der Waals surface area (Å²) in [6, 6.07) is 7.24. The van der Waals surface area contributed by atoms with Crippen molar-refractivity contribution in [1.29, 1.82) is 0 Å². The predicted octanol–water partition coefficient (Wildman–Crippen LogP) is 2.78. The molecule has 208 valence electrons. The lowest BCUT2D eigenvalue weighted by Crippen LogP contribution is -2.34. The number of nitrogens with zero attached hydrogens (tertiary/aromatic N) is 5. The van der Waals surface area contributed by atoms with Crippen molar-refractivity contribution in [2.24, 2.45) is 5.41 Å². The quantitative estimate of drug-likeness (QED) is 0.400. The lowest BCUT2D eigenvalue weighted by molar-refractivity contribution is 0.134. The molecule has 0 bridgehead atoms. The molecule has 2 aromatic heterocycles. The fourth-order valence-corrected chi connectivity index (χ4v) is 6.01. The molecule has 12 nitrogen and oxygen atoms in total. The molecular formula is C26H32N6O6S. The molecule has 1 aliphatic carbocycles. The number of ether oxygens (including phenoxy) is 2. The van der Waals surface area contributed by atoms with Gasteiger partial charge >= 0.3 is 6.01 Å². The molecule has 3 aromatic rings. The summed E-state index contributed by atoms with van der Waals surface area (Å²) in [5, 5.41) is 17.7. The summed E-state index contributed by atoms with van der Waals surface area (Å²) >= 11 is 0. The molecule has 6 rings (SSSR count). The van der Waals surface area contributed by atoms with E-state index in [0.717, 1.165) is 38.0 Å². The number of sulfonamides is 1. The topological polar surface area (TPSA) is 153 Å². The summed E-state index contributed by atoms with van der Waals surface area (Å²) in [4.78, 5) is 11.1. The summed E-state index contributed by atoms with van der Waals surface area (Å²) in [6.45, 7) is 4.26. The molecule has 2 N–H and O–H groups in total. The lowest BCUT2D eigenvalue weighted by atomic mass is 9.93. The molecule has 39 heavy (non-hydrogen) atoms. The zero-order valence-electron chi connectivity index (χ0n) is 21.8. The molecule has 1 spiro atoms. The maximum absolute atomic E-state index is 12.3. The van der Waals surface area contributed by atoms with E-state index in [2.05, 4.69) is 29.8 Å². The van der Waals surface area contributed by atoms with Gasteiger partial charge in [-0.05, 0) is 62.3 Å². The van der Waals surface area contributed by atoms with Gasteiger partial charge in [0, 0.05) is 25.2 Å². The molecule has 4 heterocycles. The smallest absolute Gasteiger partial charge is 0.317 e. The van der Waals surface area contributed by atoms with Crippen LogP contribution in [0, 0.1) is 12.3 Å². The highest BCUT2D eigenvalue weighted by Crippen LogP contribution is 2.54. The number of benzene rings is 1. The van der Waals surface area contributed by atoms with Gasteiger partial charge in [-0.2, -0.15) is 4.98 Å². The molecule has 3 aliphatic rings. The third-order valence-corrected chi connectivity index (χ3v) is 8.89. The molecule has 0 amide bonds. The number of hydrogen-bond donors (Lipinski definition) is 2. The van der Waals surface area contributed by atoms with Crippen molar-refractivity contribution < 1.29 is 27.4 Å². The molecule has 1 aromatic carbocycles. The number of aryl methyl sites for hydroxylation is 1. The second kappa shape index (κ2) is 10.4. The van der Waals surface area contributed by atoms with Crippen molar-refractivity contribution in [2.45, 2.75) is 45.1 Å². The Morgan fingerprint density at radius 1 is 1.13 bits per heavy atom. The Hall–Kier alpha value is -3.29. The molecule has 0 unspecified atom stereocenters. The van der Waals surface area contributed by atoms with Gasteiger partial charge in [-0.1, -0.05) is 0 Å². The first-order valence-electron chi connectivity index (χ1n) is 13.3. The number of aromatic nitrogens is 4. The summed E-state index contributed by atoms with van der Waals surface area (Å²) in [6.07, 6.45) is 5.44. The molecule has 1 atom stereocenters.